The van der Waals surface area contributed by atoms with Crippen molar-refractivity contribution in [1.82, 2.24) is 5.32 Å². The molecule has 0 bridgehead atoms. The van der Waals surface area contributed by atoms with Gasteiger partial charge in [-0.1, -0.05) is 35.9 Å². The largest absolute Gasteiger partial charge is 0.488 e. The molecule has 110 valence electrons. The van der Waals surface area contributed by atoms with E-state index in [2.05, 4.69) is 21.2 Å². The van der Waals surface area contributed by atoms with Crippen molar-refractivity contribution in [3.8, 4) is 5.75 Å². The van der Waals surface area contributed by atoms with Gasteiger partial charge in [0.15, 0.2) is 0 Å². The van der Waals surface area contributed by atoms with Crippen LogP contribution < -0.4 is 10.1 Å². The number of para-hydroxylation sites is 1. The molecule has 21 heavy (non-hydrogen) atoms. The van der Waals surface area contributed by atoms with Crippen molar-refractivity contribution < 1.29 is 9.13 Å². The lowest BCUT2D eigenvalue weighted by atomic mass is 9.97. The van der Waals surface area contributed by atoms with Crippen molar-refractivity contribution in [2.75, 3.05) is 7.05 Å². The summed E-state index contributed by atoms with van der Waals surface area (Å²) in [7, 11) is 1.80. The Morgan fingerprint density at radius 3 is 2.81 bits per heavy atom. The van der Waals surface area contributed by atoms with E-state index in [1.165, 1.54) is 0 Å². The molecule has 0 fully saturated rings. The van der Waals surface area contributed by atoms with Gasteiger partial charge >= 0.3 is 0 Å². The summed E-state index contributed by atoms with van der Waals surface area (Å²) in [5.41, 5.74) is 1.66. The lowest BCUT2D eigenvalue weighted by Crippen LogP contribution is -2.33. The number of rotatable bonds is 3. The third-order valence-electron chi connectivity index (χ3n) is 3.75. The first-order valence-electron chi connectivity index (χ1n) is 6.67. The minimum Gasteiger partial charge on any atom is -0.488 e. The molecule has 2 aromatic rings. The fourth-order valence-electron chi connectivity index (χ4n) is 2.72. The second kappa shape index (κ2) is 5.95. The van der Waals surface area contributed by atoms with Crippen LogP contribution in [0.1, 0.15) is 17.2 Å². The Bertz CT molecular complexity index is 654. The van der Waals surface area contributed by atoms with Crippen molar-refractivity contribution in [3.63, 3.8) is 0 Å². The maximum absolute atomic E-state index is 14.4. The molecule has 2 unspecified atom stereocenters. The predicted octanol–water partition coefficient (Wildman–Crippen LogP) is 4.51. The highest BCUT2D eigenvalue weighted by Crippen LogP contribution is 2.37. The van der Waals surface area contributed by atoms with Gasteiger partial charge in [-0.3, -0.25) is 0 Å². The van der Waals surface area contributed by atoms with Crippen LogP contribution in [0.25, 0.3) is 0 Å². The van der Waals surface area contributed by atoms with Crippen molar-refractivity contribution in [2.45, 2.75) is 18.6 Å². The van der Waals surface area contributed by atoms with E-state index in [9.17, 15) is 4.39 Å². The molecule has 3 rings (SSSR count). The standard InChI is InChI=1S/C16H14BrClFNO/c1-20-16(10-6-7-11(17)14(18)15(10)19)13-8-9-4-2-3-5-12(9)21-13/h2-7,13,16,20H,8H2,1H3. The summed E-state index contributed by atoms with van der Waals surface area (Å²) in [5, 5.41) is 3.24. The molecule has 1 heterocycles. The Kier molecular flexibility index (Phi) is 4.20. The monoisotopic (exact) mass is 369 g/mol. The fraction of sp³-hybridized carbons (Fsp3) is 0.250. The van der Waals surface area contributed by atoms with E-state index in [0.29, 0.717) is 10.0 Å². The van der Waals surface area contributed by atoms with Crippen molar-refractivity contribution in [3.05, 3.63) is 62.8 Å². The first-order valence-corrected chi connectivity index (χ1v) is 7.84. The maximum atomic E-state index is 14.4. The van der Waals surface area contributed by atoms with E-state index in [1.54, 1.807) is 19.2 Å². The molecule has 2 aromatic carbocycles. The highest BCUT2D eigenvalue weighted by atomic mass is 79.9. The molecule has 1 aliphatic heterocycles. The molecule has 0 radical (unpaired) electrons. The molecule has 0 saturated heterocycles. The number of likely N-dealkylation sites (N-methyl/N-ethyl adjacent to an activating group) is 1. The summed E-state index contributed by atoms with van der Waals surface area (Å²) in [5.74, 6) is 0.455. The first kappa shape index (κ1) is 14.8. The first-order chi connectivity index (χ1) is 10.1. The molecular formula is C16H14BrClFNO. The second-order valence-corrected chi connectivity index (χ2v) is 6.23. The molecule has 1 aliphatic rings. The minimum atomic E-state index is -0.412. The van der Waals surface area contributed by atoms with E-state index in [0.717, 1.165) is 17.7 Å². The summed E-state index contributed by atoms with van der Waals surface area (Å²) < 4.78 is 20.9. The fourth-order valence-corrected chi connectivity index (χ4v) is 3.20. The van der Waals surface area contributed by atoms with Gasteiger partial charge in [-0.2, -0.15) is 0 Å². The van der Waals surface area contributed by atoms with Crippen LogP contribution >= 0.6 is 27.5 Å². The third-order valence-corrected chi connectivity index (χ3v) is 5.01. The number of ether oxygens (including phenoxy) is 1. The van der Waals surface area contributed by atoms with Crippen LogP contribution in [0.3, 0.4) is 0 Å². The molecule has 0 spiro atoms. The van der Waals surface area contributed by atoms with Crippen LogP contribution in [-0.4, -0.2) is 13.2 Å². The number of fused-ring (bicyclic) bond motifs is 1. The topological polar surface area (TPSA) is 21.3 Å². The van der Waals surface area contributed by atoms with Crippen LogP contribution in [0, 0.1) is 5.82 Å². The molecule has 2 atom stereocenters. The van der Waals surface area contributed by atoms with Gasteiger partial charge in [0, 0.05) is 16.5 Å². The number of hydrogen-bond donors (Lipinski definition) is 1. The van der Waals surface area contributed by atoms with Crippen molar-refractivity contribution >= 4 is 27.5 Å². The number of nitrogens with one attached hydrogen (secondary N) is 1. The maximum Gasteiger partial charge on any atom is 0.147 e. The van der Waals surface area contributed by atoms with Gasteiger partial charge in [0.2, 0.25) is 0 Å². The van der Waals surface area contributed by atoms with E-state index in [4.69, 9.17) is 16.3 Å². The van der Waals surface area contributed by atoms with Crippen LogP contribution in [0.2, 0.25) is 5.02 Å². The lowest BCUT2D eigenvalue weighted by Gasteiger charge is -2.24. The van der Waals surface area contributed by atoms with E-state index in [1.807, 2.05) is 24.3 Å². The molecule has 0 saturated carbocycles. The van der Waals surface area contributed by atoms with Crippen molar-refractivity contribution in [2.24, 2.45) is 0 Å². The Hall–Kier alpha value is -1.10. The summed E-state index contributed by atoms with van der Waals surface area (Å²) >= 11 is 9.22. The predicted molar refractivity (Wildman–Crippen MR) is 85.5 cm³/mol. The van der Waals surface area contributed by atoms with E-state index < -0.39 is 5.82 Å². The Labute approximate surface area is 136 Å². The van der Waals surface area contributed by atoms with Gasteiger partial charge < -0.3 is 10.1 Å². The molecule has 2 nitrogen and oxygen atoms in total. The van der Waals surface area contributed by atoms with E-state index >= 15 is 0 Å². The Morgan fingerprint density at radius 2 is 2.10 bits per heavy atom. The highest BCUT2D eigenvalue weighted by Gasteiger charge is 2.32. The molecule has 5 heteroatoms. The lowest BCUT2D eigenvalue weighted by molar-refractivity contribution is 0.181. The Morgan fingerprint density at radius 1 is 1.33 bits per heavy atom. The second-order valence-electron chi connectivity index (χ2n) is 5.00. The normalized spacial score (nSPS) is 18.2. The zero-order valence-electron chi connectivity index (χ0n) is 11.4. The molecule has 1 N–H and O–H groups in total. The average Bonchev–Trinajstić information content (AvgIpc) is 2.91. The molecule has 0 amide bonds. The van der Waals surface area contributed by atoms with Gasteiger partial charge in [0.25, 0.3) is 0 Å². The molecular weight excluding hydrogens is 357 g/mol. The van der Waals surface area contributed by atoms with Crippen LogP contribution in [0.5, 0.6) is 5.75 Å². The highest BCUT2D eigenvalue weighted by molar-refractivity contribution is 9.10. The van der Waals surface area contributed by atoms with Crippen molar-refractivity contribution in [1.29, 1.82) is 0 Å². The number of benzene rings is 2. The summed E-state index contributed by atoms with van der Waals surface area (Å²) in [6.07, 6.45) is 0.591. The number of halogens is 3. The van der Waals surface area contributed by atoms with E-state index in [-0.39, 0.29) is 17.2 Å². The van der Waals surface area contributed by atoms with Crippen LogP contribution in [-0.2, 0) is 6.42 Å². The van der Waals surface area contributed by atoms with Crippen LogP contribution in [0.15, 0.2) is 40.9 Å². The smallest absolute Gasteiger partial charge is 0.147 e. The zero-order chi connectivity index (χ0) is 15.0. The molecule has 0 aromatic heterocycles. The SMILES string of the molecule is CNC(c1ccc(Br)c(Cl)c1F)C1Cc2ccccc2O1. The molecule has 0 aliphatic carbocycles. The van der Waals surface area contributed by atoms with Gasteiger partial charge in [0.1, 0.15) is 17.7 Å². The zero-order valence-corrected chi connectivity index (χ0v) is 13.7. The Balaban J connectivity index is 1.93. The van der Waals surface area contributed by atoms with Gasteiger partial charge in [-0.15, -0.1) is 0 Å². The van der Waals surface area contributed by atoms with Gasteiger partial charge in [-0.05, 0) is 40.7 Å². The summed E-state index contributed by atoms with van der Waals surface area (Å²) in [4.78, 5) is 0. The summed E-state index contributed by atoms with van der Waals surface area (Å²) in [6.45, 7) is 0. The van der Waals surface area contributed by atoms with Gasteiger partial charge in [-0.25, -0.2) is 4.39 Å². The third kappa shape index (κ3) is 2.68. The van der Waals surface area contributed by atoms with Gasteiger partial charge in [0.05, 0.1) is 11.1 Å². The average molecular weight is 371 g/mol. The van der Waals surface area contributed by atoms with Crippen LogP contribution in [0.4, 0.5) is 4.39 Å². The summed E-state index contributed by atoms with van der Waals surface area (Å²) in [6, 6.07) is 11.1. The minimum absolute atomic E-state index is 0.100. The number of hydrogen-bond acceptors (Lipinski definition) is 2. The quantitative estimate of drug-likeness (QED) is 0.803.